The lowest BCUT2D eigenvalue weighted by Gasteiger charge is -2.31. The number of amides is 3. The van der Waals surface area contributed by atoms with E-state index in [2.05, 4.69) is 5.32 Å². The molecule has 5 rings (SSSR count). The third kappa shape index (κ3) is 5.02. The van der Waals surface area contributed by atoms with E-state index >= 15 is 0 Å². The number of hydrogen-bond acceptors (Lipinski definition) is 5. The summed E-state index contributed by atoms with van der Waals surface area (Å²) in [6.07, 6.45) is 0.644. The number of likely N-dealkylation sites (N-methyl/N-ethyl adjacent to an activating group) is 1. The monoisotopic (exact) mass is 513 g/mol. The molecule has 0 saturated carbocycles. The second-order valence-electron chi connectivity index (χ2n) is 9.31. The Morgan fingerprint density at radius 3 is 2.45 bits per heavy atom. The quantitative estimate of drug-likeness (QED) is 0.461. The van der Waals surface area contributed by atoms with Crippen LogP contribution >= 0.6 is 0 Å². The van der Waals surface area contributed by atoms with Gasteiger partial charge in [0.25, 0.3) is 5.91 Å². The zero-order chi connectivity index (χ0) is 26.6. The lowest BCUT2D eigenvalue weighted by molar-refractivity contribution is -0.125. The molecule has 38 heavy (non-hydrogen) atoms. The van der Waals surface area contributed by atoms with Crippen LogP contribution in [0.5, 0.6) is 17.2 Å². The molecule has 0 aliphatic carbocycles. The van der Waals surface area contributed by atoms with Crippen LogP contribution in [-0.2, 0) is 17.8 Å². The SMILES string of the molecule is COc1ccc(CCN2CC3=C(C2=O)C(c2cccc(OCc4ccccc4)c2)NC(=O)N3C)cc1OC. The third-order valence-corrected chi connectivity index (χ3v) is 6.99. The van der Waals surface area contributed by atoms with Crippen molar-refractivity contribution < 1.29 is 23.8 Å². The molecule has 1 atom stereocenters. The highest BCUT2D eigenvalue weighted by atomic mass is 16.5. The summed E-state index contributed by atoms with van der Waals surface area (Å²) in [6.45, 7) is 1.32. The topological polar surface area (TPSA) is 80.3 Å². The molecule has 8 nitrogen and oxygen atoms in total. The van der Waals surface area contributed by atoms with Gasteiger partial charge in [-0.05, 0) is 47.4 Å². The predicted octanol–water partition coefficient (Wildman–Crippen LogP) is 4.32. The van der Waals surface area contributed by atoms with Gasteiger partial charge < -0.3 is 24.4 Å². The summed E-state index contributed by atoms with van der Waals surface area (Å²) >= 11 is 0. The summed E-state index contributed by atoms with van der Waals surface area (Å²) < 4.78 is 16.7. The van der Waals surface area contributed by atoms with Crippen molar-refractivity contribution in [3.63, 3.8) is 0 Å². The number of rotatable bonds is 9. The van der Waals surface area contributed by atoms with E-state index in [-0.39, 0.29) is 11.9 Å². The number of nitrogens with one attached hydrogen (secondary N) is 1. The Bertz CT molecular complexity index is 1370. The highest BCUT2D eigenvalue weighted by Gasteiger charge is 2.42. The zero-order valence-corrected chi connectivity index (χ0v) is 21.8. The number of carbonyl (C=O) groups excluding carboxylic acids is 2. The summed E-state index contributed by atoms with van der Waals surface area (Å²) in [5, 5.41) is 3.00. The lowest BCUT2D eigenvalue weighted by atomic mass is 9.95. The highest BCUT2D eigenvalue weighted by Crippen LogP contribution is 2.37. The molecular formula is C30H31N3O5. The van der Waals surface area contributed by atoms with Crippen LogP contribution in [0.3, 0.4) is 0 Å². The third-order valence-electron chi connectivity index (χ3n) is 6.99. The molecule has 2 aliphatic rings. The number of ether oxygens (including phenoxy) is 3. The van der Waals surface area contributed by atoms with Gasteiger partial charge in [0, 0.05) is 13.6 Å². The van der Waals surface area contributed by atoms with Crippen LogP contribution in [0.15, 0.2) is 84.1 Å². The summed E-state index contributed by atoms with van der Waals surface area (Å²) in [6, 6.07) is 22.5. The fourth-order valence-electron chi connectivity index (χ4n) is 4.88. The summed E-state index contributed by atoms with van der Waals surface area (Å²) in [4.78, 5) is 29.8. The highest BCUT2D eigenvalue weighted by molar-refractivity contribution is 6.01. The molecule has 2 heterocycles. The largest absolute Gasteiger partial charge is 0.493 e. The molecule has 196 valence electrons. The van der Waals surface area contributed by atoms with Gasteiger partial charge in [0.15, 0.2) is 11.5 Å². The minimum atomic E-state index is -0.549. The fraction of sp³-hybridized carbons (Fsp3) is 0.267. The molecule has 2 aliphatic heterocycles. The zero-order valence-electron chi connectivity index (χ0n) is 21.8. The van der Waals surface area contributed by atoms with Crippen LogP contribution in [0.1, 0.15) is 22.7 Å². The second-order valence-corrected chi connectivity index (χ2v) is 9.31. The fourth-order valence-corrected chi connectivity index (χ4v) is 4.88. The Balaban J connectivity index is 1.33. The van der Waals surface area contributed by atoms with E-state index in [9.17, 15) is 9.59 Å². The molecule has 3 aromatic carbocycles. The summed E-state index contributed by atoms with van der Waals surface area (Å²) in [5.41, 5.74) is 4.22. The average molecular weight is 514 g/mol. The van der Waals surface area contributed by atoms with Crippen molar-refractivity contribution in [2.24, 2.45) is 0 Å². The van der Waals surface area contributed by atoms with Crippen molar-refractivity contribution in [2.75, 3.05) is 34.4 Å². The molecule has 0 aromatic heterocycles. The van der Waals surface area contributed by atoms with Crippen molar-refractivity contribution in [2.45, 2.75) is 19.1 Å². The molecule has 3 amide bonds. The number of methoxy groups -OCH3 is 2. The van der Waals surface area contributed by atoms with Crippen molar-refractivity contribution in [1.82, 2.24) is 15.1 Å². The maximum absolute atomic E-state index is 13.6. The van der Waals surface area contributed by atoms with E-state index < -0.39 is 6.04 Å². The lowest BCUT2D eigenvalue weighted by Crippen LogP contribution is -2.45. The van der Waals surface area contributed by atoms with E-state index in [0.717, 1.165) is 22.4 Å². The van der Waals surface area contributed by atoms with Crippen molar-refractivity contribution >= 4 is 11.9 Å². The molecule has 1 N–H and O–H groups in total. The van der Waals surface area contributed by atoms with Crippen molar-refractivity contribution in [3.8, 4) is 17.2 Å². The minimum Gasteiger partial charge on any atom is -0.493 e. The number of carbonyl (C=O) groups is 2. The van der Waals surface area contributed by atoms with Gasteiger partial charge >= 0.3 is 6.03 Å². The molecule has 0 spiro atoms. The average Bonchev–Trinajstić information content (AvgIpc) is 3.29. The van der Waals surface area contributed by atoms with Gasteiger partial charge in [-0.3, -0.25) is 9.69 Å². The Labute approximate surface area is 222 Å². The van der Waals surface area contributed by atoms with Crippen molar-refractivity contribution in [1.29, 1.82) is 0 Å². The Morgan fingerprint density at radius 1 is 0.895 bits per heavy atom. The van der Waals surface area contributed by atoms with Gasteiger partial charge in [-0.2, -0.15) is 0 Å². The molecule has 1 unspecified atom stereocenters. The normalized spacial score (nSPS) is 16.9. The van der Waals surface area contributed by atoms with Crippen LogP contribution in [-0.4, -0.2) is 56.1 Å². The molecule has 0 bridgehead atoms. The Kier molecular flexibility index (Phi) is 7.22. The van der Waals surface area contributed by atoms with Gasteiger partial charge in [0.05, 0.1) is 38.1 Å². The first-order chi connectivity index (χ1) is 18.5. The first-order valence-electron chi connectivity index (χ1n) is 12.5. The maximum atomic E-state index is 13.6. The molecule has 0 saturated heterocycles. The summed E-state index contributed by atoms with van der Waals surface area (Å²) in [7, 11) is 4.90. The van der Waals surface area contributed by atoms with Crippen LogP contribution in [0, 0.1) is 0 Å². The van der Waals surface area contributed by atoms with Crippen molar-refractivity contribution in [3.05, 3.63) is 101 Å². The standard InChI is InChI=1S/C30H31N3O5/c1-32-24-18-33(15-14-20-12-13-25(36-2)26(16-20)37-3)29(34)27(24)28(31-30(32)35)22-10-7-11-23(17-22)38-19-21-8-5-4-6-9-21/h4-13,16-17,28H,14-15,18-19H2,1-3H3,(H,31,35). The van der Waals surface area contributed by atoms with Gasteiger partial charge in [-0.15, -0.1) is 0 Å². The summed E-state index contributed by atoms with van der Waals surface area (Å²) in [5.74, 6) is 1.92. The van der Waals surface area contributed by atoms with Gasteiger partial charge in [-0.1, -0.05) is 48.5 Å². The predicted molar refractivity (Wildman–Crippen MR) is 143 cm³/mol. The Morgan fingerprint density at radius 2 is 1.68 bits per heavy atom. The molecular weight excluding hydrogens is 482 g/mol. The van der Waals surface area contributed by atoms with Crippen LogP contribution < -0.4 is 19.5 Å². The van der Waals surface area contributed by atoms with E-state index in [1.807, 2.05) is 72.8 Å². The van der Waals surface area contributed by atoms with Gasteiger partial charge in [0.1, 0.15) is 12.4 Å². The minimum absolute atomic E-state index is 0.0760. The Hall–Kier alpha value is -4.46. The van der Waals surface area contributed by atoms with Crippen LogP contribution in [0.2, 0.25) is 0 Å². The number of benzene rings is 3. The molecule has 0 radical (unpaired) electrons. The molecule has 3 aromatic rings. The maximum Gasteiger partial charge on any atom is 0.322 e. The first-order valence-corrected chi connectivity index (χ1v) is 12.5. The first kappa shape index (κ1) is 25.2. The van der Waals surface area contributed by atoms with Crippen LogP contribution in [0.25, 0.3) is 0 Å². The van der Waals surface area contributed by atoms with Gasteiger partial charge in [-0.25, -0.2) is 4.79 Å². The second kappa shape index (κ2) is 10.9. The molecule has 0 fully saturated rings. The van der Waals surface area contributed by atoms with E-state index in [1.165, 1.54) is 4.90 Å². The smallest absolute Gasteiger partial charge is 0.322 e. The van der Waals surface area contributed by atoms with E-state index in [0.29, 0.717) is 48.9 Å². The number of hydrogen-bond donors (Lipinski definition) is 1. The van der Waals surface area contributed by atoms with Gasteiger partial charge in [0.2, 0.25) is 0 Å². The molecule has 8 heteroatoms. The number of nitrogens with zero attached hydrogens (tertiary/aromatic N) is 2. The number of urea groups is 1. The van der Waals surface area contributed by atoms with E-state index in [1.54, 1.807) is 26.2 Å². The van der Waals surface area contributed by atoms with Crippen LogP contribution in [0.4, 0.5) is 4.79 Å². The van der Waals surface area contributed by atoms with E-state index in [4.69, 9.17) is 14.2 Å².